The Hall–Kier alpha value is -3.95. The normalized spacial score (nSPS) is 19.1. The lowest BCUT2D eigenvalue weighted by Gasteiger charge is -2.26. The van der Waals surface area contributed by atoms with E-state index in [1.165, 1.54) is 0 Å². The van der Waals surface area contributed by atoms with Gasteiger partial charge >= 0.3 is 5.97 Å². The Morgan fingerprint density at radius 1 is 1.00 bits per heavy atom. The molecule has 1 unspecified atom stereocenters. The van der Waals surface area contributed by atoms with Crippen molar-refractivity contribution in [2.24, 2.45) is 0 Å². The summed E-state index contributed by atoms with van der Waals surface area (Å²) in [5, 5.41) is 11.8. The number of aromatic nitrogens is 2. The first kappa shape index (κ1) is 20.6. The zero-order chi connectivity index (χ0) is 23.3. The van der Waals surface area contributed by atoms with Gasteiger partial charge in [-0.15, -0.1) is 0 Å². The molecular formula is C25H18N2O6S. The fraction of sp³-hybridized carbons (Fsp3) is 0.160. The summed E-state index contributed by atoms with van der Waals surface area (Å²) in [6.45, 7) is 0.0957. The van der Waals surface area contributed by atoms with Crippen LogP contribution in [0, 0.1) is 0 Å². The van der Waals surface area contributed by atoms with Crippen molar-refractivity contribution < 1.29 is 28.8 Å². The van der Waals surface area contributed by atoms with Crippen molar-refractivity contribution in [3.8, 4) is 17.2 Å². The molecule has 2 aliphatic rings. The van der Waals surface area contributed by atoms with Gasteiger partial charge in [-0.2, -0.15) is 8.75 Å². The number of aliphatic hydroxyl groups is 1. The molecule has 0 aliphatic carbocycles. The first-order valence-electron chi connectivity index (χ1n) is 10.5. The van der Waals surface area contributed by atoms with E-state index in [1.54, 1.807) is 43.5 Å². The molecule has 3 aromatic carbocycles. The number of carbonyl (C=O) groups is 1. The molecular weight excluding hydrogens is 456 g/mol. The van der Waals surface area contributed by atoms with Crippen molar-refractivity contribution in [1.82, 2.24) is 8.75 Å². The summed E-state index contributed by atoms with van der Waals surface area (Å²) in [6, 6.07) is 17.8. The molecule has 8 nitrogen and oxygen atoms in total. The third kappa shape index (κ3) is 3.28. The van der Waals surface area contributed by atoms with Crippen molar-refractivity contribution in [2.45, 2.75) is 12.2 Å². The number of hydrogen-bond acceptors (Lipinski definition) is 9. The zero-order valence-corrected chi connectivity index (χ0v) is 18.8. The number of ether oxygens (including phenoxy) is 4. The van der Waals surface area contributed by atoms with Gasteiger partial charge in [0.25, 0.3) is 5.79 Å². The number of nitrogens with zero attached hydrogens (tertiary/aromatic N) is 2. The minimum absolute atomic E-state index is 0.0957. The Kier molecular flexibility index (Phi) is 4.75. The Labute approximate surface area is 198 Å². The smallest absolute Gasteiger partial charge is 0.342 e. The van der Waals surface area contributed by atoms with Gasteiger partial charge in [0.15, 0.2) is 11.5 Å². The molecule has 3 heterocycles. The molecule has 34 heavy (non-hydrogen) atoms. The predicted molar refractivity (Wildman–Crippen MR) is 124 cm³/mol. The van der Waals surface area contributed by atoms with Crippen LogP contribution in [0.2, 0.25) is 0 Å². The Bertz CT molecular complexity index is 1460. The minimum atomic E-state index is -1.98. The molecule has 0 saturated carbocycles. The molecule has 0 bridgehead atoms. The van der Waals surface area contributed by atoms with Gasteiger partial charge in [0.05, 0.1) is 24.4 Å². The van der Waals surface area contributed by atoms with Crippen LogP contribution in [-0.4, -0.2) is 33.7 Å². The topological polar surface area (TPSA) is 100 Å². The van der Waals surface area contributed by atoms with Gasteiger partial charge in [0, 0.05) is 17.6 Å². The van der Waals surface area contributed by atoms with Gasteiger partial charge in [-0.3, -0.25) is 0 Å². The van der Waals surface area contributed by atoms with Gasteiger partial charge in [-0.05, 0) is 53.6 Å². The molecule has 2 aliphatic heterocycles. The third-order valence-corrected chi connectivity index (χ3v) is 6.56. The molecule has 4 aromatic rings. The summed E-state index contributed by atoms with van der Waals surface area (Å²) < 4.78 is 30.3. The average Bonchev–Trinajstić information content (AvgIpc) is 3.57. The van der Waals surface area contributed by atoms with E-state index < -0.39 is 11.8 Å². The highest BCUT2D eigenvalue weighted by molar-refractivity contribution is 7.00. The minimum Gasteiger partial charge on any atom is -0.497 e. The highest BCUT2D eigenvalue weighted by atomic mass is 32.1. The largest absolute Gasteiger partial charge is 0.497 e. The van der Waals surface area contributed by atoms with Gasteiger partial charge in [-0.1, -0.05) is 18.2 Å². The van der Waals surface area contributed by atoms with Gasteiger partial charge in [0.2, 0.25) is 6.79 Å². The Morgan fingerprint density at radius 2 is 1.79 bits per heavy atom. The Balaban J connectivity index is 1.52. The number of fused-ring (bicyclic) bond motifs is 2. The maximum absolute atomic E-state index is 13.2. The highest BCUT2D eigenvalue weighted by Crippen LogP contribution is 2.47. The quantitative estimate of drug-likeness (QED) is 0.436. The van der Waals surface area contributed by atoms with E-state index in [-0.39, 0.29) is 13.2 Å². The standard InChI is InChI=1S/C25H18N2O6S/c1-30-17-6-2-14(3-7-17)10-18-23(15-4-8-19-20(11-15)27-34-26-19)24(28)33-25(18,29)16-5-9-21-22(12-16)32-13-31-21/h2-9,11-12,29H,10,13H2,1H3. The number of rotatable bonds is 5. The molecule has 1 N–H and O–H groups in total. The molecule has 9 heteroatoms. The first-order chi connectivity index (χ1) is 16.5. The highest BCUT2D eigenvalue weighted by Gasteiger charge is 2.48. The van der Waals surface area contributed by atoms with E-state index >= 15 is 0 Å². The molecule has 1 atom stereocenters. The summed E-state index contributed by atoms with van der Waals surface area (Å²) in [7, 11) is 1.60. The molecule has 0 amide bonds. The summed E-state index contributed by atoms with van der Waals surface area (Å²) >= 11 is 1.10. The molecule has 6 rings (SSSR count). The van der Waals surface area contributed by atoms with Crippen LogP contribution >= 0.6 is 11.7 Å². The lowest BCUT2D eigenvalue weighted by Crippen LogP contribution is -2.29. The van der Waals surface area contributed by atoms with Crippen LogP contribution < -0.4 is 14.2 Å². The van der Waals surface area contributed by atoms with E-state index in [4.69, 9.17) is 18.9 Å². The van der Waals surface area contributed by atoms with Crippen LogP contribution in [0.4, 0.5) is 0 Å². The van der Waals surface area contributed by atoms with Gasteiger partial charge < -0.3 is 24.1 Å². The molecule has 170 valence electrons. The van der Waals surface area contributed by atoms with Crippen LogP contribution in [0.3, 0.4) is 0 Å². The number of hydrogen-bond donors (Lipinski definition) is 1. The summed E-state index contributed by atoms with van der Waals surface area (Å²) in [5.41, 5.74) is 3.98. The van der Waals surface area contributed by atoms with Crippen molar-refractivity contribution in [3.63, 3.8) is 0 Å². The Morgan fingerprint density at radius 3 is 2.62 bits per heavy atom. The molecule has 0 fully saturated rings. The number of carbonyl (C=O) groups excluding carboxylic acids is 1. The maximum atomic E-state index is 13.2. The van der Waals surface area contributed by atoms with Crippen molar-refractivity contribution in [3.05, 3.63) is 82.9 Å². The summed E-state index contributed by atoms with van der Waals surface area (Å²) in [5.74, 6) is -0.841. The zero-order valence-electron chi connectivity index (χ0n) is 18.0. The fourth-order valence-electron chi connectivity index (χ4n) is 4.27. The molecule has 0 saturated heterocycles. The van der Waals surface area contributed by atoms with E-state index in [2.05, 4.69) is 8.75 Å². The van der Waals surface area contributed by atoms with Crippen LogP contribution in [0.25, 0.3) is 16.6 Å². The monoisotopic (exact) mass is 474 g/mol. The van der Waals surface area contributed by atoms with Crippen LogP contribution in [0.1, 0.15) is 16.7 Å². The van der Waals surface area contributed by atoms with Crippen LogP contribution in [-0.2, 0) is 21.7 Å². The van der Waals surface area contributed by atoms with E-state index in [9.17, 15) is 9.90 Å². The lowest BCUT2D eigenvalue weighted by atomic mass is 9.88. The van der Waals surface area contributed by atoms with Gasteiger partial charge in [0.1, 0.15) is 16.8 Å². The van der Waals surface area contributed by atoms with Crippen molar-refractivity contribution in [1.29, 1.82) is 0 Å². The number of cyclic esters (lactones) is 1. The maximum Gasteiger partial charge on any atom is 0.342 e. The lowest BCUT2D eigenvalue weighted by molar-refractivity contribution is -0.185. The van der Waals surface area contributed by atoms with E-state index in [0.717, 1.165) is 22.8 Å². The predicted octanol–water partition coefficient (Wildman–Crippen LogP) is 3.83. The third-order valence-electron chi connectivity index (χ3n) is 6.00. The number of esters is 1. The van der Waals surface area contributed by atoms with Crippen molar-refractivity contribution >= 4 is 34.3 Å². The number of methoxy groups -OCH3 is 1. The van der Waals surface area contributed by atoms with E-state index in [1.807, 2.05) is 24.3 Å². The first-order valence-corrected chi connectivity index (χ1v) is 11.2. The second kappa shape index (κ2) is 7.82. The SMILES string of the molecule is COc1ccc(CC2=C(c3ccc4nsnc4c3)C(=O)OC2(O)c2ccc3c(c2)OCO3)cc1. The fourth-order valence-corrected chi connectivity index (χ4v) is 4.78. The van der Waals surface area contributed by atoms with E-state index in [0.29, 0.717) is 45.0 Å². The summed E-state index contributed by atoms with van der Waals surface area (Å²) in [6.07, 6.45) is 0.267. The second-order valence-electron chi connectivity index (χ2n) is 7.95. The number of benzene rings is 3. The average molecular weight is 474 g/mol. The molecule has 0 spiro atoms. The van der Waals surface area contributed by atoms with Crippen LogP contribution in [0.15, 0.2) is 66.2 Å². The van der Waals surface area contributed by atoms with Crippen LogP contribution in [0.5, 0.6) is 17.2 Å². The van der Waals surface area contributed by atoms with Gasteiger partial charge in [-0.25, -0.2) is 4.79 Å². The molecule has 0 radical (unpaired) electrons. The summed E-state index contributed by atoms with van der Waals surface area (Å²) in [4.78, 5) is 13.2. The van der Waals surface area contributed by atoms with Crippen molar-refractivity contribution in [2.75, 3.05) is 13.9 Å². The molecule has 1 aromatic heterocycles. The second-order valence-corrected chi connectivity index (χ2v) is 8.48.